The number of nitrogens with zero attached hydrogens (tertiary/aromatic N) is 1. The summed E-state index contributed by atoms with van der Waals surface area (Å²) < 4.78 is 5.42. The van der Waals surface area contributed by atoms with Gasteiger partial charge in [-0.2, -0.15) is 0 Å². The van der Waals surface area contributed by atoms with Gasteiger partial charge in [0.1, 0.15) is 5.76 Å². The first-order valence-corrected chi connectivity index (χ1v) is 6.83. The number of rotatable bonds is 4. The minimum atomic E-state index is -0.498. The summed E-state index contributed by atoms with van der Waals surface area (Å²) in [7, 11) is 3.28. The Morgan fingerprint density at radius 2 is 1.36 bits per heavy atom. The molecule has 0 unspecified atom stereocenters. The molecular formula is C18H17NO3. The zero-order valence-electron chi connectivity index (χ0n) is 12.5. The molecule has 0 aliphatic heterocycles. The average Bonchev–Trinajstić information content (AvgIpc) is 2.55. The van der Waals surface area contributed by atoms with Gasteiger partial charge in [0, 0.05) is 25.7 Å². The Bertz CT molecular complexity index is 676. The molecular weight excluding hydrogens is 278 g/mol. The Balaban J connectivity index is 2.30. The number of hydrogen-bond acceptors (Lipinski definition) is 3. The van der Waals surface area contributed by atoms with Crippen molar-refractivity contribution in [2.75, 3.05) is 14.1 Å². The molecule has 2 rings (SSSR count). The summed E-state index contributed by atoms with van der Waals surface area (Å²) >= 11 is 0. The topological polar surface area (TPSA) is 46.6 Å². The fourth-order valence-corrected chi connectivity index (χ4v) is 1.75. The molecule has 2 aromatic carbocycles. The van der Waals surface area contributed by atoms with Gasteiger partial charge in [-0.05, 0) is 12.1 Å². The van der Waals surface area contributed by atoms with Crippen LogP contribution in [0.3, 0.4) is 0 Å². The van der Waals surface area contributed by atoms with Crippen LogP contribution in [-0.2, 0) is 9.53 Å². The van der Waals surface area contributed by atoms with Gasteiger partial charge in [-0.3, -0.25) is 4.79 Å². The number of likely N-dealkylation sites (N-methyl/N-ethyl adjacent to an activating group) is 1. The van der Waals surface area contributed by atoms with Crippen molar-refractivity contribution in [3.8, 4) is 0 Å². The summed E-state index contributed by atoms with van der Waals surface area (Å²) in [6, 6.07) is 17.7. The van der Waals surface area contributed by atoms with Crippen LogP contribution < -0.4 is 0 Å². The van der Waals surface area contributed by atoms with Gasteiger partial charge < -0.3 is 9.64 Å². The Kier molecular flexibility index (Phi) is 5.09. The van der Waals surface area contributed by atoms with Gasteiger partial charge in [-0.1, -0.05) is 48.5 Å². The van der Waals surface area contributed by atoms with Gasteiger partial charge in [0.25, 0.3) is 0 Å². The summed E-state index contributed by atoms with van der Waals surface area (Å²) in [5.74, 6) is -0.518. The third-order valence-electron chi connectivity index (χ3n) is 2.97. The SMILES string of the molecule is CN(C)C(=O)C=C(OC(=O)c1ccccc1)c1ccccc1. The third kappa shape index (κ3) is 4.06. The Labute approximate surface area is 129 Å². The molecule has 0 aliphatic rings. The van der Waals surface area contributed by atoms with E-state index in [0.717, 1.165) is 0 Å². The van der Waals surface area contributed by atoms with Crippen LogP contribution in [0.1, 0.15) is 15.9 Å². The number of esters is 1. The van der Waals surface area contributed by atoms with Crippen LogP contribution in [0.25, 0.3) is 5.76 Å². The lowest BCUT2D eigenvalue weighted by Crippen LogP contribution is -2.20. The number of benzene rings is 2. The van der Waals surface area contributed by atoms with E-state index in [2.05, 4.69) is 0 Å². The third-order valence-corrected chi connectivity index (χ3v) is 2.97. The van der Waals surface area contributed by atoms with Crippen LogP contribution in [0.5, 0.6) is 0 Å². The maximum Gasteiger partial charge on any atom is 0.343 e. The molecule has 0 fully saturated rings. The van der Waals surface area contributed by atoms with Crippen molar-refractivity contribution in [2.45, 2.75) is 0 Å². The van der Waals surface area contributed by atoms with E-state index < -0.39 is 5.97 Å². The van der Waals surface area contributed by atoms with Gasteiger partial charge in [0.05, 0.1) is 5.56 Å². The van der Waals surface area contributed by atoms with Crippen molar-refractivity contribution in [3.63, 3.8) is 0 Å². The van der Waals surface area contributed by atoms with Gasteiger partial charge in [-0.25, -0.2) is 4.79 Å². The summed E-state index contributed by atoms with van der Waals surface area (Å²) in [6.07, 6.45) is 1.32. The van der Waals surface area contributed by atoms with Gasteiger partial charge in [0.2, 0.25) is 5.91 Å². The van der Waals surface area contributed by atoms with Gasteiger partial charge >= 0.3 is 5.97 Å². The van der Waals surface area contributed by atoms with E-state index >= 15 is 0 Å². The quantitative estimate of drug-likeness (QED) is 0.495. The van der Waals surface area contributed by atoms with Gasteiger partial charge in [-0.15, -0.1) is 0 Å². The highest BCUT2D eigenvalue weighted by molar-refractivity contribution is 5.98. The summed E-state index contributed by atoms with van der Waals surface area (Å²) in [5.41, 5.74) is 1.10. The molecule has 0 heterocycles. The normalized spacial score (nSPS) is 10.9. The lowest BCUT2D eigenvalue weighted by Gasteiger charge is -2.11. The molecule has 0 aliphatic carbocycles. The van der Waals surface area contributed by atoms with Crippen molar-refractivity contribution in [3.05, 3.63) is 77.9 Å². The largest absolute Gasteiger partial charge is 0.422 e. The number of carbonyl (C=O) groups is 2. The van der Waals surface area contributed by atoms with Crippen molar-refractivity contribution in [1.82, 2.24) is 4.90 Å². The van der Waals surface area contributed by atoms with E-state index in [9.17, 15) is 9.59 Å². The molecule has 4 heteroatoms. The molecule has 0 N–H and O–H groups in total. The number of carbonyl (C=O) groups excluding carboxylic acids is 2. The number of amides is 1. The van der Waals surface area contributed by atoms with Crippen molar-refractivity contribution in [1.29, 1.82) is 0 Å². The Hall–Kier alpha value is -2.88. The first-order chi connectivity index (χ1) is 10.6. The van der Waals surface area contributed by atoms with E-state index in [1.165, 1.54) is 11.0 Å². The molecule has 0 bridgehead atoms. The fourth-order valence-electron chi connectivity index (χ4n) is 1.75. The molecule has 0 atom stereocenters. The van der Waals surface area contributed by atoms with Crippen molar-refractivity contribution < 1.29 is 14.3 Å². The lowest BCUT2D eigenvalue weighted by atomic mass is 10.1. The first-order valence-electron chi connectivity index (χ1n) is 6.83. The molecule has 0 aromatic heterocycles. The maximum absolute atomic E-state index is 12.2. The van der Waals surface area contributed by atoms with Crippen LogP contribution in [0.15, 0.2) is 66.7 Å². The van der Waals surface area contributed by atoms with Crippen molar-refractivity contribution >= 4 is 17.6 Å². The van der Waals surface area contributed by atoms with E-state index in [1.54, 1.807) is 50.5 Å². The molecule has 112 valence electrons. The zero-order valence-corrected chi connectivity index (χ0v) is 12.5. The highest BCUT2D eigenvalue weighted by Crippen LogP contribution is 2.18. The standard InChI is InChI=1S/C18H17NO3/c1-19(2)17(20)13-16(14-9-5-3-6-10-14)22-18(21)15-11-7-4-8-12-15/h3-13H,1-2H3. The lowest BCUT2D eigenvalue weighted by molar-refractivity contribution is -0.123. The monoisotopic (exact) mass is 295 g/mol. The van der Waals surface area contributed by atoms with Crippen LogP contribution >= 0.6 is 0 Å². The first kappa shape index (κ1) is 15.5. The van der Waals surface area contributed by atoms with Crippen LogP contribution in [-0.4, -0.2) is 30.9 Å². The second-order valence-electron chi connectivity index (χ2n) is 4.86. The van der Waals surface area contributed by atoms with E-state index in [-0.39, 0.29) is 11.7 Å². The molecule has 0 radical (unpaired) electrons. The van der Waals surface area contributed by atoms with Crippen LogP contribution in [0, 0.1) is 0 Å². The Morgan fingerprint density at radius 3 is 1.86 bits per heavy atom. The predicted molar refractivity (Wildman–Crippen MR) is 85.0 cm³/mol. The van der Waals surface area contributed by atoms with Crippen LogP contribution in [0.2, 0.25) is 0 Å². The average molecular weight is 295 g/mol. The predicted octanol–water partition coefficient (Wildman–Crippen LogP) is 2.97. The molecule has 0 saturated heterocycles. The maximum atomic E-state index is 12.2. The second kappa shape index (κ2) is 7.22. The summed E-state index contributed by atoms with van der Waals surface area (Å²) in [6.45, 7) is 0. The van der Waals surface area contributed by atoms with E-state index in [1.807, 2.05) is 24.3 Å². The second-order valence-corrected chi connectivity index (χ2v) is 4.86. The van der Waals surface area contributed by atoms with Gasteiger partial charge in [0.15, 0.2) is 0 Å². The molecule has 0 spiro atoms. The molecule has 2 aromatic rings. The fraction of sp³-hybridized carbons (Fsp3) is 0.111. The molecule has 4 nitrogen and oxygen atoms in total. The molecule has 22 heavy (non-hydrogen) atoms. The van der Waals surface area contributed by atoms with E-state index in [0.29, 0.717) is 11.1 Å². The number of ether oxygens (including phenoxy) is 1. The van der Waals surface area contributed by atoms with Crippen molar-refractivity contribution in [2.24, 2.45) is 0 Å². The minimum Gasteiger partial charge on any atom is -0.422 e. The summed E-state index contributed by atoms with van der Waals surface area (Å²) in [4.78, 5) is 25.5. The van der Waals surface area contributed by atoms with E-state index in [4.69, 9.17) is 4.74 Å². The highest BCUT2D eigenvalue weighted by Gasteiger charge is 2.13. The molecule has 1 amide bonds. The highest BCUT2D eigenvalue weighted by atomic mass is 16.5. The minimum absolute atomic E-state index is 0.230. The zero-order chi connectivity index (χ0) is 15.9. The number of hydrogen-bond donors (Lipinski definition) is 0. The summed E-state index contributed by atoms with van der Waals surface area (Å²) in [5, 5.41) is 0. The smallest absolute Gasteiger partial charge is 0.343 e. The van der Waals surface area contributed by atoms with Crippen LogP contribution in [0.4, 0.5) is 0 Å². The Morgan fingerprint density at radius 1 is 0.864 bits per heavy atom. The molecule has 0 saturated carbocycles.